The van der Waals surface area contributed by atoms with Crippen molar-refractivity contribution in [2.24, 2.45) is 0 Å². The summed E-state index contributed by atoms with van der Waals surface area (Å²) < 4.78 is 2.05. The second-order valence-electron chi connectivity index (χ2n) is 6.47. The SMILES string of the molecule is Clc1ccc(-n2c(SCc3nc4ccccc4[nH]3)nnc2-c2ccccc2)cc1. The molecule has 0 radical (unpaired) electrons. The number of fused-ring (bicyclic) bond motifs is 1. The minimum atomic E-state index is 0.662. The first kappa shape index (κ1) is 18.0. The maximum atomic E-state index is 6.09. The topological polar surface area (TPSA) is 59.4 Å². The van der Waals surface area contributed by atoms with Gasteiger partial charge in [-0.15, -0.1) is 10.2 Å². The molecule has 2 aromatic heterocycles. The first-order chi connectivity index (χ1) is 14.3. The minimum Gasteiger partial charge on any atom is -0.341 e. The number of nitrogens with zero attached hydrogens (tertiary/aromatic N) is 4. The molecule has 0 unspecified atom stereocenters. The molecule has 0 aliphatic heterocycles. The average Bonchev–Trinajstić information content (AvgIpc) is 3.37. The first-order valence-electron chi connectivity index (χ1n) is 9.11. The highest BCUT2D eigenvalue weighted by molar-refractivity contribution is 7.98. The van der Waals surface area contributed by atoms with E-state index >= 15 is 0 Å². The molecular formula is C22H16ClN5S. The molecule has 0 saturated carbocycles. The molecule has 2 heterocycles. The lowest BCUT2D eigenvalue weighted by atomic mass is 10.2. The van der Waals surface area contributed by atoms with Crippen LogP contribution in [0.1, 0.15) is 5.82 Å². The van der Waals surface area contributed by atoms with Gasteiger partial charge in [0.05, 0.1) is 16.8 Å². The van der Waals surface area contributed by atoms with Crippen molar-refractivity contribution in [3.05, 3.63) is 89.7 Å². The molecule has 5 nitrogen and oxygen atoms in total. The van der Waals surface area contributed by atoms with Crippen LogP contribution < -0.4 is 0 Å². The van der Waals surface area contributed by atoms with Crippen LogP contribution in [0, 0.1) is 0 Å². The number of aromatic amines is 1. The lowest BCUT2D eigenvalue weighted by Crippen LogP contribution is -2.00. The van der Waals surface area contributed by atoms with E-state index in [-0.39, 0.29) is 0 Å². The zero-order valence-electron chi connectivity index (χ0n) is 15.3. The van der Waals surface area contributed by atoms with Crippen molar-refractivity contribution in [2.45, 2.75) is 10.9 Å². The summed E-state index contributed by atoms with van der Waals surface area (Å²) in [6.45, 7) is 0. The molecule has 0 fully saturated rings. The quantitative estimate of drug-likeness (QED) is 0.369. The van der Waals surface area contributed by atoms with Gasteiger partial charge in [-0.2, -0.15) is 0 Å². The van der Waals surface area contributed by atoms with Crippen molar-refractivity contribution < 1.29 is 0 Å². The van der Waals surface area contributed by atoms with E-state index in [0.717, 1.165) is 39.1 Å². The number of rotatable bonds is 5. The molecule has 3 aromatic carbocycles. The van der Waals surface area contributed by atoms with E-state index in [1.165, 1.54) is 0 Å². The number of hydrogen-bond acceptors (Lipinski definition) is 4. The third-order valence-corrected chi connectivity index (χ3v) is 5.72. The van der Waals surface area contributed by atoms with Gasteiger partial charge < -0.3 is 4.98 Å². The van der Waals surface area contributed by atoms with Crippen LogP contribution in [0.3, 0.4) is 0 Å². The van der Waals surface area contributed by atoms with E-state index in [1.54, 1.807) is 11.8 Å². The van der Waals surface area contributed by atoms with Crippen molar-refractivity contribution in [3.8, 4) is 17.1 Å². The normalized spacial score (nSPS) is 11.2. The third kappa shape index (κ3) is 3.64. The van der Waals surface area contributed by atoms with Crippen molar-refractivity contribution in [1.29, 1.82) is 0 Å². The number of aromatic nitrogens is 5. The second kappa shape index (κ2) is 7.73. The van der Waals surface area contributed by atoms with E-state index in [2.05, 4.69) is 24.7 Å². The molecule has 7 heteroatoms. The van der Waals surface area contributed by atoms with E-state index in [1.807, 2.05) is 78.9 Å². The molecule has 29 heavy (non-hydrogen) atoms. The van der Waals surface area contributed by atoms with Crippen LogP contribution >= 0.6 is 23.4 Å². The monoisotopic (exact) mass is 417 g/mol. The van der Waals surface area contributed by atoms with Crippen molar-refractivity contribution >= 4 is 34.4 Å². The van der Waals surface area contributed by atoms with Gasteiger partial charge in [-0.3, -0.25) is 4.57 Å². The molecule has 0 amide bonds. The lowest BCUT2D eigenvalue weighted by Gasteiger charge is -2.10. The van der Waals surface area contributed by atoms with Crippen molar-refractivity contribution in [1.82, 2.24) is 24.7 Å². The molecule has 1 N–H and O–H groups in total. The summed E-state index contributed by atoms with van der Waals surface area (Å²) in [5.41, 5.74) is 3.97. The molecule has 142 valence electrons. The van der Waals surface area contributed by atoms with Crippen LogP contribution in [0.15, 0.2) is 84.0 Å². The Morgan fingerprint density at radius 3 is 2.41 bits per heavy atom. The predicted molar refractivity (Wildman–Crippen MR) is 117 cm³/mol. The van der Waals surface area contributed by atoms with Crippen LogP contribution in [0.4, 0.5) is 0 Å². The average molecular weight is 418 g/mol. The molecule has 0 spiro atoms. The van der Waals surface area contributed by atoms with E-state index < -0.39 is 0 Å². The molecule has 0 bridgehead atoms. The van der Waals surface area contributed by atoms with E-state index in [0.29, 0.717) is 10.8 Å². The number of H-pyrrole nitrogens is 1. The van der Waals surface area contributed by atoms with Crippen LogP contribution in [0.25, 0.3) is 28.1 Å². The summed E-state index contributed by atoms with van der Waals surface area (Å²) in [7, 11) is 0. The van der Waals surface area contributed by atoms with Gasteiger partial charge in [-0.05, 0) is 36.4 Å². The first-order valence-corrected chi connectivity index (χ1v) is 10.5. The Labute approximate surface area is 176 Å². The number of nitrogens with one attached hydrogen (secondary N) is 1. The Kier molecular flexibility index (Phi) is 4.79. The van der Waals surface area contributed by atoms with Gasteiger partial charge in [-0.25, -0.2) is 4.98 Å². The van der Waals surface area contributed by atoms with Gasteiger partial charge in [0.2, 0.25) is 0 Å². The third-order valence-electron chi connectivity index (χ3n) is 4.53. The number of para-hydroxylation sites is 2. The smallest absolute Gasteiger partial charge is 0.196 e. The summed E-state index contributed by atoms with van der Waals surface area (Å²) in [6.07, 6.45) is 0. The van der Waals surface area contributed by atoms with Gasteiger partial charge >= 0.3 is 0 Å². The molecular weight excluding hydrogens is 402 g/mol. The Hall–Kier alpha value is -3.09. The number of benzene rings is 3. The summed E-state index contributed by atoms with van der Waals surface area (Å²) in [4.78, 5) is 8.02. The van der Waals surface area contributed by atoms with E-state index in [4.69, 9.17) is 11.6 Å². The van der Waals surface area contributed by atoms with Crippen LogP contribution in [-0.4, -0.2) is 24.7 Å². The zero-order valence-corrected chi connectivity index (χ0v) is 16.9. The summed E-state index contributed by atoms with van der Waals surface area (Å²) in [5, 5.41) is 10.4. The fraction of sp³-hybridized carbons (Fsp3) is 0.0455. The predicted octanol–water partition coefficient (Wildman–Crippen LogP) is 5.76. The fourth-order valence-electron chi connectivity index (χ4n) is 3.17. The highest BCUT2D eigenvalue weighted by Crippen LogP contribution is 2.30. The lowest BCUT2D eigenvalue weighted by molar-refractivity contribution is 0.884. The Morgan fingerprint density at radius 2 is 1.62 bits per heavy atom. The van der Waals surface area contributed by atoms with Crippen molar-refractivity contribution in [2.75, 3.05) is 0 Å². The second-order valence-corrected chi connectivity index (χ2v) is 7.85. The van der Waals surface area contributed by atoms with E-state index in [9.17, 15) is 0 Å². The summed E-state index contributed by atoms with van der Waals surface area (Å²) >= 11 is 7.68. The molecule has 0 saturated heterocycles. The van der Waals surface area contributed by atoms with Crippen LogP contribution in [-0.2, 0) is 5.75 Å². The maximum absolute atomic E-state index is 6.09. The number of halogens is 1. The standard InChI is InChI=1S/C22H16ClN5S/c23-16-10-12-17(13-11-16)28-21(15-6-2-1-3-7-15)26-27-22(28)29-14-20-24-18-8-4-5-9-19(18)25-20/h1-13H,14H2,(H,24,25). The molecule has 5 aromatic rings. The van der Waals surface area contributed by atoms with Crippen molar-refractivity contribution in [3.63, 3.8) is 0 Å². The Balaban J connectivity index is 1.52. The van der Waals surface area contributed by atoms with Gasteiger partial charge in [0.1, 0.15) is 5.82 Å². The van der Waals surface area contributed by atoms with Gasteiger partial charge in [0, 0.05) is 16.3 Å². The molecule has 0 aliphatic rings. The summed E-state index contributed by atoms with van der Waals surface area (Å²) in [5.74, 6) is 2.36. The maximum Gasteiger partial charge on any atom is 0.196 e. The van der Waals surface area contributed by atoms with Gasteiger partial charge in [0.25, 0.3) is 0 Å². The summed E-state index contributed by atoms with van der Waals surface area (Å²) in [6, 6.07) is 25.8. The largest absolute Gasteiger partial charge is 0.341 e. The Morgan fingerprint density at radius 1 is 0.862 bits per heavy atom. The minimum absolute atomic E-state index is 0.662. The van der Waals surface area contributed by atoms with Crippen LogP contribution in [0.2, 0.25) is 5.02 Å². The fourth-order valence-corrected chi connectivity index (χ4v) is 4.12. The van der Waals surface area contributed by atoms with Gasteiger partial charge in [-0.1, -0.05) is 65.8 Å². The molecule has 5 rings (SSSR count). The molecule has 0 aliphatic carbocycles. The van der Waals surface area contributed by atoms with Gasteiger partial charge in [0.15, 0.2) is 11.0 Å². The Bertz CT molecular complexity index is 1230. The number of imidazole rings is 1. The number of hydrogen-bond donors (Lipinski definition) is 1. The zero-order chi connectivity index (χ0) is 19.6. The van der Waals surface area contributed by atoms with Crippen LogP contribution in [0.5, 0.6) is 0 Å². The highest BCUT2D eigenvalue weighted by atomic mass is 35.5. The molecule has 0 atom stereocenters. The number of thioether (sulfide) groups is 1. The highest BCUT2D eigenvalue weighted by Gasteiger charge is 2.17.